The summed E-state index contributed by atoms with van der Waals surface area (Å²) in [5.74, 6) is 1.90. The van der Waals surface area contributed by atoms with E-state index in [4.69, 9.17) is 0 Å². The molecule has 0 fully saturated rings. The summed E-state index contributed by atoms with van der Waals surface area (Å²) in [6.45, 7) is 2.51. The van der Waals surface area contributed by atoms with Gasteiger partial charge in [-0.1, -0.05) is 201 Å². The van der Waals surface area contributed by atoms with Crippen LogP contribution < -0.4 is 25.8 Å². The molecular weight excluding hydrogens is 675 g/mol. The third kappa shape index (κ3) is 5.85. The lowest BCUT2D eigenvalue weighted by Gasteiger charge is -2.43. The molecule has 0 spiro atoms. The molecule has 0 bridgehead atoms. The molecule has 7 unspecified atom stereocenters. The van der Waals surface area contributed by atoms with Crippen molar-refractivity contribution in [3.05, 3.63) is 239 Å². The van der Waals surface area contributed by atoms with Gasteiger partial charge in [0.25, 0.3) is 0 Å². The molecule has 5 aromatic carbocycles. The summed E-state index contributed by atoms with van der Waals surface area (Å²) in [5.41, 5.74) is 9.62. The molecule has 56 heavy (non-hydrogen) atoms. The van der Waals surface area contributed by atoms with Crippen LogP contribution in [0.1, 0.15) is 24.8 Å². The van der Waals surface area contributed by atoms with E-state index in [9.17, 15) is 0 Å². The van der Waals surface area contributed by atoms with Crippen LogP contribution in [0.25, 0.3) is 22.4 Å². The van der Waals surface area contributed by atoms with Crippen LogP contribution in [0.3, 0.4) is 0 Å². The van der Waals surface area contributed by atoms with Crippen molar-refractivity contribution in [1.29, 1.82) is 0 Å². The Morgan fingerprint density at radius 1 is 0.446 bits per heavy atom. The molecule has 5 aliphatic carbocycles. The summed E-state index contributed by atoms with van der Waals surface area (Å²) in [7, 11) is 0. The predicted octanol–water partition coefficient (Wildman–Crippen LogP) is 10.1. The van der Waals surface area contributed by atoms with Crippen molar-refractivity contribution in [1.82, 2.24) is 0 Å². The minimum atomic E-state index is 0.143. The van der Waals surface area contributed by atoms with Gasteiger partial charge in [-0.05, 0) is 80.8 Å². The van der Waals surface area contributed by atoms with Crippen LogP contribution in [-0.4, -0.2) is 0 Å². The minimum absolute atomic E-state index is 0.143. The van der Waals surface area contributed by atoms with Crippen molar-refractivity contribution in [3.8, 4) is 0 Å². The molecule has 0 saturated heterocycles. The van der Waals surface area contributed by atoms with E-state index in [1.54, 1.807) is 5.57 Å². The van der Waals surface area contributed by atoms with Crippen LogP contribution >= 0.6 is 0 Å². The van der Waals surface area contributed by atoms with Crippen LogP contribution in [0.15, 0.2) is 212 Å². The zero-order valence-electron chi connectivity index (χ0n) is 31.9. The van der Waals surface area contributed by atoms with E-state index < -0.39 is 0 Å². The summed E-state index contributed by atoms with van der Waals surface area (Å²) < 4.78 is 0. The van der Waals surface area contributed by atoms with Crippen LogP contribution in [0.4, 0.5) is 11.4 Å². The third-order valence-electron chi connectivity index (χ3n) is 12.9. The summed E-state index contributed by atoms with van der Waals surface area (Å²) in [6.07, 6.45) is 29.4. The van der Waals surface area contributed by atoms with Gasteiger partial charge in [0.2, 0.25) is 0 Å². The number of hydrogen-bond acceptors (Lipinski definition) is 1. The summed E-state index contributed by atoms with van der Waals surface area (Å²) in [4.78, 5) is 2.51. The number of allylic oxidation sites excluding steroid dienone is 11. The number of hydrogen-bond donors (Lipinski definition) is 0. The smallest absolute Gasteiger partial charge is 0.0458 e. The number of rotatable bonds is 8. The molecular formula is C55H47N. The number of nitrogens with zero attached hydrogens (tertiary/aromatic N) is 1. The van der Waals surface area contributed by atoms with E-state index in [2.05, 4.69) is 224 Å². The first-order valence-corrected chi connectivity index (χ1v) is 20.4. The highest BCUT2D eigenvalue weighted by atomic mass is 15.2. The lowest BCUT2D eigenvalue weighted by molar-refractivity contribution is 0.415. The standard InChI is InChI=1S/C55H47N/c1-38(51(39-22-6-2-7-23-39)40-24-8-3-9-25-40)52-43-30-14-16-32-45(43)53(46-33-17-15-31-44(46)52)54-47-34-18-20-36-49(47)55(50-37-21-19-35-48(50)54)56(41-26-10-4-11-27-41)42-28-12-5-13-29-42/h2-24,26-38,40,43,45,47,49,51H,25H2,1H3. The fourth-order valence-corrected chi connectivity index (χ4v) is 10.6. The fourth-order valence-electron chi connectivity index (χ4n) is 10.6. The largest absolute Gasteiger partial charge is 0.313 e. The molecule has 5 aliphatic rings. The van der Waals surface area contributed by atoms with Gasteiger partial charge in [-0.3, -0.25) is 0 Å². The second-order valence-corrected chi connectivity index (χ2v) is 15.8. The first-order valence-electron chi connectivity index (χ1n) is 20.4. The molecule has 0 aliphatic heterocycles. The van der Waals surface area contributed by atoms with Gasteiger partial charge in [0.1, 0.15) is 0 Å². The normalized spacial score (nSPS) is 23.9. The van der Waals surface area contributed by atoms with Gasteiger partial charge in [-0.25, -0.2) is 0 Å². The zero-order valence-corrected chi connectivity index (χ0v) is 31.9. The molecule has 0 heterocycles. The van der Waals surface area contributed by atoms with Gasteiger partial charge in [0.15, 0.2) is 0 Å². The molecule has 5 aromatic rings. The SMILES string of the molecule is CC(C1=c2ccccc2=C(C2=c3ccccc3=C(N(c3ccccc3)c3ccccc3)C3C=CC=CC23)C2C=CC=CC12)C(c1ccccc1)C1C=CC=CC1. The Balaban J connectivity index is 1.29. The number of anilines is 2. The topological polar surface area (TPSA) is 3.24 Å². The quantitative estimate of drug-likeness (QED) is 0.154. The maximum atomic E-state index is 2.51. The predicted molar refractivity (Wildman–Crippen MR) is 235 cm³/mol. The van der Waals surface area contributed by atoms with Crippen LogP contribution in [0.2, 0.25) is 0 Å². The Hall–Kier alpha value is -6.18. The molecule has 1 nitrogen and oxygen atoms in total. The van der Waals surface area contributed by atoms with E-state index in [1.165, 1.54) is 54.7 Å². The highest BCUT2D eigenvalue weighted by molar-refractivity contribution is 5.98. The highest BCUT2D eigenvalue weighted by Gasteiger charge is 2.42. The van der Waals surface area contributed by atoms with Gasteiger partial charge < -0.3 is 4.90 Å². The maximum Gasteiger partial charge on any atom is 0.0458 e. The third-order valence-corrected chi connectivity index (χ3v) is 12.9. The van der Waals surface area contributed by atoms with Crippen molar-refractivity contribution >= 4 is 33.8 Å². The van der Waals surface area contributed by atoms with E-state index in [0.29, 0.717) is 17.8 Å². The average molecular weight is 722 g/mol. The van der Waals surface area contributed by atoms with Crippen molar-refractivity contribution in [2.24, 2.45) is 35.5 Å². The van der Waals surface area contributed by atoms with Crippen molar-refractivity contribution in [2.45, 2.75) is 19.3 Å². The van der Waals surface area contributed by atoms with Gasteiger partial charge >= 0.3 is 0 Å². The second-order valence-electron chi connectivity index (χ2n) is 15.8. The average Bonchev–Trinajstić information content (AvgIpc) is 3.27. The molecule has 0 radical (unpaired) electrons. The molecule has 0 amide bonds. The van der Waals surface area contributed by atoms with E-state index in [1.807, 2.05) is 0 Å². The molecule has 272 valence electrons. The van der Waals surface area contributed by atoms with Crippen LogP contribution in [0, 0.1) is 35.5 Å². The monoisotopic (exact) mass is 721 g/mol. The lowest BCUT2D eigenvalue weighted by atomic mass is 9.61. The van der Waals surface area contributed by atoms with Gasteiger partial charge in [-0.15, -0.1) is 0 Å². The highest BCUT2D eigenvalue weighted by Crippen LogP contribution is 2.50. The van der Waals surface area contributed by atoms with Crippen molar-refractivity contribution in [2.75, 3.05) is 4.90 Å². The molecule has 7 atom stereocenters. The Morgan fingerprint density at radius 2 is 0.911 bits per heavy atom. The van der Waals surface area contributed by atoms with E-state index in [0.717, 1.165) is 6.42 Å². The minimum Gasteiger partial charge on any atom is -0.313 e. The molecule has 1 heteroatoms. The summed E-state index contributed by atoms with van der Waals surface area (Å²) in [6, 6.07) is 51.7. The number of benzene rings is 5. The number of fused-ring (bicyclic) bond motifs is 4. The van der Waals surface area contributed by atoms with E-state index >= 15 is 0 Å². The van der Waals surface area contributed by atoms with Gasteiger partial charge in [0.05, 0.1) is 0 Å². The van der Waals surface area contributed by atoms with Gasteiger partial charge in [0, 0.05) is 46.0 Å². The summed E-state index contributed by atoms with van der Waals surface area (Å²) in [5, 5.41) is 5.44. The Morgan fingerprint density at radius 3 is 1.50 bits per heavy atom. The van der Waals surface area contributed by atoms with Crippen molar-refractivity contribution < 1.29 is 0 Å². The molecule has 0 saturated carbocycles. The maximum absolute atomic E-state index is 2.51. The zero-order chi connectivity index (χ0) is 37.4. The molecule has 10 rings (SSSR count). The van der Waals surface area contributed by atoms with Gasteiger partial charge in [-0.2, -0.15) is 0 Å². The Labute approximate surface area is 331 Å². The lowest BCUT2D eigenvalue weighted by Crippen LogP contribution is -2.48. The molecule has 0 aromatic heterocycles. The molecule has 0 N–H and O–H groups in total. The number of para-hydroxylation sites is 2. The fraction of sp³-hybridized carbons (Fsp3) is 0.164. The van der Waals surface area contributed by atoms with Crippen LogP contribution in [0.5, 0.6) is 0 Å². The second kappa shape index (κ2) is 14.8. The summed E-state index contributed by atoms with van der Waals surface area (Å²) >= 11 is 0. The Kier molecular flexibility index (Phi) is 9.08. The van der Waals surface area contributed by atoms with Crippen molar-refractivity contribution in [3.63, 3.8) is 0 Å². The first kappa shape index (κ1) is 34.3. The first-order chi connectivity index (χ1) is 27.8. The van der Waals surface area contributed by atoms with Crippen LogP contribution in [-0.2, 0) is 0 Å². The van der Waals surface area contributed by atoms with E-state index in [-0.39, 0.29) is 23.7 Å². The Bertz CT molecular complexity index is 2670.